The average molecular weight is 394 g/mol. The van der Waals surface area contributed by atoms with E-state index in [1.807, 2.05) is 0 Å². The van der Waals surface area contributed by atoms with E-state index >= 15 is 0 Å². The number of ether oxygens (including phenoxy) is 1. The van der Waals surface area contributed by atoms with Gasteiger partial charge in [-0.25, -0.2) is 0 Å². The third-order valence-electron chi connectivity index (χ3n) is 3.86. The molecule has 0 saturated heterocycles. The summed E-state index contributed by atoms with van der Waals surface area (Å²) in [6.45, 7) is 0.445. The molecule has 2 N–H and O–H groups in total. The zero-order chi connectivity index (χ0) is 20.1. The number of nitrogens with one attached hydrogen (secondary N) is 1. The molecular formula is C18H17F3N4O3. The fourth-order valence-electron chi connectivity index (χ4n) is 2.54. The lowest BCUT2D eigenvalue weighted by molar-refractivity contribution is -0.137. The lowest BCUT2D eigenvalue weighted by Crippen LogP contribution is -2.27. The van der Waals surface area contributed by atoms with Crippen LogP contribution in [-0.4, -0.2) is 45.5 Å². The number of halogens is 3. The van der Waals surface area contributed by atoms with Crippen molar-refractivity contribution in [2.24, 2.45) is 0 Å². The zero-order valence-electron chi connectivity index (χ0n) is 14.6. The number of aliphatic hydroxyl groups excluding tert-OH is 1. The van der Waals surface area contributed by atoms with Crippen molar-refractivity contribution in [2.45, 2.75) is 12.7 Å². The molecule has 148 valence electrons. The van der Waals surface area contributed by atoms with E-state index in [1.54, 1.807) is 16.9 Å². The number of carbonyl (C=O) groups is 1. The van der Waals surface area contributed by atoms with E-state index in [0.717, 1.165) is 12.1 Å². The SMILES string of the molecule is O=C(NCCO)c1nccc2nn(CCOc3ccc(C(F)(F)F)cc3)cc12. The van der Waals surface area contributed by atoms with E-state index in [-0.39, 0.29) is 25.5 Å². The first-order valence-electron chi connectivity index (χ1n) is 8.40. The number of alkyl halides is 3. The number of aromatic nitrogens is 3. The first-order chi connectivity index (χ1) is 13.4. The van der Waals surface area contributed by atoms with Gasteiger partial charge in [-0.3, -0.25) is 14.5 Å². The minimum atomic E-state index is -4.39. The maximum atomic E-state index is 12.6. The first-order valence-corrected chi connectivity index (χ1v) is 8.40. The average Bonchev–Trinajstić information content (AvgIpc) is 3.08. The first kappa shape index (κ1) is 19.6. The number of pyridine rings is 1. The fourth-order valence-corrected chi connectivity index (χ4v) is 2.54. The molecule has 3 aromatic rings. The van der Waals surface area contributed by atoms with Crippen molar-refractivity contribution in [3.63, 3.8) is 0 Å². The summed E-state index contributed by atoms with van der Waals surface area (Å²) in [5, 5.41) is 16.2. The molecule has 0 aliphatic rings. The number of benzene rings is 1. The Kier molecular flexibility index (Phi) is 5.78. The Morgan fingerprint density at radius 2 is 1.96 bits per heavy atom. The summed E-state index contributed by atoms with van der Waals surface area (Å²) in [6, 6.07) is 6.10. The van der Waals surface area contributed by atoms with Crippen LogP contribution in [0, 0.1) is 0 Å². The third kappa shape index (κ3) is 4.58. The van der Waals surface area contributed by atoms with Crippen molar-refractivity contribution >= 4 is 16.8 Å². The number of hydrogen-bond acceptors (Lipinski definition) is 5. The Balaban J connectivity index is 1.64. The molecule has 1 aromatic carbocycles. The highest BCUT2D eigenvalue weighted by molar-refractivity contribution is 6.04. The van der Waals surface area contributed by atoms with Crippen molar-refractivity contribution in [3.8, 4) is 5.75 Å². The van der Waals surface area contributed by atoms with Gasteiger partial charge in [-0.1, -0.05) is 0 Å². The summed E-state index contributed by atoms with van der Waals surface area (Å²) < 4.78 is 44.7. The Labute approximate surface area is 157 Å². The molecule has 0 aliphatic carbocycles. The minimum absolute atomic E-state index is 0.117. The second-order valence-electron chi connectivity index (χ2n) is 5.83. The smallest absolute Gasteiger partial charge is 0.416 e. The van der Waals surface area contributed by atoms with Crippen LogP contribution in [0.25, 0.3) is 10.9 Å². The van der Waals surface area contributed by atoms with Gasteiger partial charge in [-0.15, -0.1) is 0 Å². The predicted octanol–water partition coefficient (Wildman–Crippen LogP) is 2.25. The van der Waals surface area contributed by atoms with Crippen molar-refractivity contribution < 1.29 is 27.8 Å². The Morgan fingerprint density at radius 1 is 1.21 bits per heavy atom. The van der Waals surface area contributed by atoms with Gasteiger partial charge in [0.25, 0.3) is 5.91 Å². The van der Waals surface area contributed by atoms with E-state index in [9.17, 15) is 18.0 Å². The summed E-state index contributed by atoms with van der Waals surface area (Å²) in [5.74, 6) is -0.101. The monoisotopic (exact) mass is 394 g/mol. The van der Waals surface area contributed by atoms with Gasteiger partial charge in [0, 0.05) is 18.9 Å². The number of rotatable bonds is 7. The number of hydrogen-bond donors (Lipinski definition) is 2. The highest BCUT2D eigenvalue weighted by atomic mass is 19.4. The number of carbonyl (C=O) groups excluding carboxylic acids is 1. The lowest BCUT2D eigenvalue weighted by Gasteiger charge is -2.09. The van der Waals surface area contributed by atoms with Gasteiger partial charge < -0.3 is 15.2 Å². The molecule has 1 amide bonds. The van der Waals surface area contributed by atoms with Crippen LogP contribution >= 0.6 is 0 Å². The van der Waals surface area contributed by atoms with Gasteiger partial charge in [0.05, 0.1) is 29.6 Å². The van der Waals surface area contributed by atoms with Gasteiger partial charge >= 0.3 is 6.18 Å². The molecule has 28 heavy (non-hydrogen) atoms. The maximum Gasteiger partial charge on any atom is 0.416 e. The summed E-state index contributed by atoms with van der Waals surface area (Å²) in [7, 11) is 0. The molecule has 0 fully saturated rings. The molecule has 0 bridgehead atoms. The Hall–Kier alpha value is -3.14. The van der Waals surface area contributed by atoms with E-state index in [2.05, 4.69) is 15.4 Å². The van der Waals surface area contributed by atoms with Gasteiger partial charge in [0.2, 0.25) is 0 Å². The number of aliphatic hydroxyl groups is 1. The maximum absolute atomic E-state index is 12.6. The van der Waals surface area contributed by atoms with Gasteiger partial charge in [-0.2, -0.15) is 18.3 Å². The van der Waals surface area contributed by atoms with Crippen LogP contribution in [0.4, 0.5) is 13.2 Å². The molecule has 10 heteroatoms. The van der Waals surface area contributed by atoms with Crippen LogP contribution in [0.3, 0.4) is 0 Å². The molecule has 0 atom stereocenters. The van der Waals surface area contributed by atoms with Crippen LogP contribution in [-0.2, 0) is 12.7 Å². The fraction of sp³-hybridized carbons (Fsp3) is 0.278. The van der Waals surface area contributed by atoms with E-state index < -0.39 is 17.6 Å². The highest BCUT2D eigenvalue weighted by Crippen LogP contribution is 2.30. The normalized spacial score (nSPS) is 11.6. The predicted molar refractivity (Wildman–Crippen MR) is 93.9 cm³/mol. The molecule has 0 unspecified atom stereocenters. The standard InChI is InChI=1S/C18H17F3N4O3/c19-18(20,21)12-1-3-13(4-2-12)28-10-8-25-11-14-15(24-25)5-6-22-16(14)17(27)23-7-9-26/h1-6,11,26H,7-10H2,(H,23,27). The number of nitrogens with zero attached hydrogens (tertiary/aromatic N) is 3. The molecular weight excluding hydrogens is 377 g/mol. The molecule has 0 aliphatic heterocycles. The quantitative estimate of drug-likeness (QED) is 0.642. The van der Waals surface area contributed by atoms with Crippen molar-refractivity contribution in [3.05, 3.63) is 54.0 Å². The van der Waals surface area contributed by atoms with E-state index in [0.29, 0.717) is 23.2 Å². The molecule has 2 heterocycles. The van der Waals surface area contributed by atoms with Crippen molar-refractivity contribution in [1.29, 1.82) is 0 Å². The summed E-state index contributed by atoms with van der Waals surface area (Å²) in [6.07, 6.45) is -1.28. The number of fused-ring (bicyclic) bond motifs is 1. The van der Waals surface area contributed by atoms with Crippen LogP contribution in [0.1, 0.15) is 16.1 Å². The van der Waals surface area contributed by atoms with Gasteiger partial charge in [-0.05, 0) is 30.3 Å². The van der Waals surface area contributed by atoms with E-state index in [4.69, 9.17) is 9.84 Å². The van der Waals surface area contributed by atoms with Crippen molar-refractivity contribution in [1.82, 2.24) is 20.1 Å². The zero-order valence-corrected chi connectivity index (χ0v) is 14.6. The summed E-state index contributed by atoms with van der Waals surface area (Å²) in [4.78, 5) is 16.2. The lowest BCUT2D eigenvalue weighted by atomic mass is 10.2. The van der Waals surface area contributed by atoms with E-state index in [1.165, 1.54) is 18.3 Å². The Bertz CT molecular complexity index is 955. The van der Waals surface area contributed by atoms with Gasteiger partial charge in [0.1, 0.15) is 18.1 Å². The summed E-state index contributed by atoms with van der Waals surface area (Å²) in [5.41, 5.74) is 0.0252. The van der Waals surface area contributed by atoms with Crippen LogP contribution in [0.5, 0.6) is 5.75 Å². The largest absolute Gasteiger partial charge is 0.492 e. The van der Waals surface area contributed by atoms with Gasteiger partial charge in [0.15, 0.2) is 0 Å². The van der Waals surface area contributed by atoms with Crippen LogP contribution in [0.2, 0.25) is 0 Å². The minimum Gasteiger partial charge on any atom is -0.492 e. The third-order valence-corrected chi connectivity index (χ3v) is 3.86. The number of amides is 1. The topological polar surface area (TPSA) is 89.3 Å². The molecule has 3 rings (SSSR count). The second kappa shape index (κ2) is 8.26. The highest BCUT2D eigenvalue weighted by Gasteiger charge is 2.30. The second-order valence-corrected chi connectivity index (χ2v) is 5.83. The molecule has 0 saturated carbocycles. The summed E-state index contributed by atoms with van der Waals surface area (Å²) >= 11 is 0. The Morgan fingerprint density at radius 3 is 2.64 bits per heavy atom. The molecule has 2 aromatic heterocycles. The van der Waals surface area contributed by atoms with Crippen LogP contribution in [0.15, 0.2) is 42.7 Å². The molecule has 7 nitrogen and oxygen atoms in total. The molecule has 0 radical (unpaired) electrons. The van der Waals surface area contributed by atoms with Crippen LogP contribution < -0.4 is 10.1 Å². The van der Waals surface area contributed by atoms with Crippen molar-refractivity contribution in [2.75, 3.05) is 19.8 Å². The molecule has 0 spiro atoms.